The monoisotopic (exact) mass is 290 g/mol. The summed E-state index contributed by atoms with van der Waals surface area (Å²) in [6.07, 6.45) is 0. The van der Waals surface area contributed by atoms with Gasteiger partial charge in [-0.3, -0.25) is 0 Å². The molecule has 0 saturated heterocycles. The molecule has 0 aliphatic heterocycles. The number of para-hydroxylation sites is 1. The summed E-state index contributed by atoms with van der Waals surface area (Å²) in [5, 5.41) is 2.18. The van der Waals surface area contributed by atoms with E-state index in [9.17, 15) is 4.39 Å². The summed E-state index contributed by atoms with van der Waals surface area (Å²) in [7, 11) is 1.70. The van der Waals surface area contributed by atoms with E-state index in [4.69, 9.17) is 9.47 Å². The molecule has 0 bridgehead atoms. The molecule has 2 N–H and O–H groups in total. The molecule has 0 amide bonds. The lowest BCUT2D eigenvalue weighted by atomic mass is 10.2. The molecule has 0 fully saturated rings. The van der Waals surface area contributed by atoms with Gasteiger partial charge in [0, 0.05) is 12.7 Å². The predicted molar refractivity (Wildman–Crippen MR) is 79.5 cm³/mol. The quantitative estimate of drug-likeness (QED) is 0.756. The van der Waals surface area contributed by atoms with Crippen LogP contribution in [0, 0.1) is 5.82 Å². The topological polar surface area (TPSA) is 35.1 Å². The first kappa shape index (κ1) is 15.5. The van der Waals surface area contributed by atoms with Gasteiger partial charge < -0.3 is 14.8 Å². The summed E-state index contributed by atoms with van der Waals surface area (Å²) in [6.45, 7) is 2.94. The van der Waals surface area contributed by atoms with Crippen LogP contribution in [0.2, 0.25) is 0 Å². The zero-order chi connectivity index (χ0) is 14.9. The van der Waals surface area contributed by atoms with E-state index in [2.05, 4.69) is 11.4 Å². The molecule has 2 rings (SSSR count). The molecule has 0 heterocycles. The second-order valence-corrected chi connectivity index (χ2v) is 4.80. The van der Waals surface area contributed by atoms with Crippen molar-refractivity contribution in [3.05, 3.63) is 65.5 Å². The van der Waals surface area contributed by atoms with Crippen LogP contribution in [-0.2, 0) is 17.9 Å². The fourth-order valence-electron chi connectivity index (χ4n) is 2.01. The van der Waals surface area contributed by atoms with Gasteiger partial charge in [0.1, 0.15) is 24.7 Å². The average Bonchev–Trinajstić information content (AvgIpc) is 2.52. The second-order valence-electron chi connectivity index (χ2n) is 4.80. The van der Waals surface area contributed by atoms with Crippen LogP contribution in [-0.4, -0.2) is 20.3 Å². The molecule has 21 heavy (non-hydrogen) atoms. The summed E-state index contributed by atoms with van der Waals surface area (Å²) in [5.74, 6) is 0.641. The fraction of sp³-hybridized carbons (Fsp3) is 0.294. The van der Waals surface area contributed by atoms with Gasteiger partial charge in [0.05, 0.1) is 13.2 Å². The summed E-state index contributed by atoms with van der Waals surface area (Å²) >= 11 is 0. The highest BCUT2D eigenvalue weighted by atomic mass is 19.1. The number of ether oxygens (including phenoxy) is 2. The molecule has 112 valence electrons. The van der Waals surface area contributed by atoms with Crippen molar-refractivity contribution in [3.63, 3.8) is 0 Å². The number of quaternary nitrogens is 1. The maximum atomic E-state index is 12.9. The molecule has 0 aliphatic carbocycles. The molecule has 4 heteroatoms. The smallest absolute Gasteiger partial charge is 0.128 e. The maximum Gasteiger partial charge on any atom is 0.128 e. The van der Waals surface area contributed by atoms with Gasteiger partial charge in [0.15, 0.2) is 0 Å². The van der Waals surface area contributed by atoms with Crippen LogP contribution in [0.15, 0.2) is 48.5 Å². The zero-order valence-electron chi connectivity index (χ0n) is 12.2. The fourth-order valence-corrected chi connectivity index (χ4v) is 2.01. The van der Waals surface area contributed by atoms with E-state index in [1.807, 2.05) is 18.2 Å². The zero-order valence-corrected chi connectivity index (χ0v) is 12.2. The Morgan fingerprint density at radius 3 is 2.57 bits per heavy atom. The van der Waals surface area contributed by atoms with Gasteiger partial charge in [-0.25, -0.2) is 4.39 Å². The van der Waals surface area contributed by atoms with Crippen LogP contribution in [0.5, 0.6) is 5.75 Å². The first-order chi connectivity index (χ1) is 10.3. The minimum Gasteiger partial charge on any atom is -0.488 e. The lowest BCUT2D eigenvalue weighted by molar-refractivity contribution is -0.671. The van der Waals surface area contributed by atoms with E-state index >= 15 is 0 Å². The van der Waals surface area contributed by atoms with E-state index in [0.717, 1.165) is 36.6 Å². The molecular weight excluding hydrogens is 269 g/mol. The Morgan fingerprint density at radius 2 is 1.81 bits per heavy atom. The third-order valence-corrected chi connectivity index (χ3v) is 3.17. The largest absolute Gasteiger partial charge is 0.488 e. The van der Waals surface area contributed by atoms with Crippen molar-refractivity contribution in [2.45, 2.75) is 13.2 Å². The highest BCUT2D eigenvalue weighted by molar-refractivity contribution is 5.32. The number of halogens is 1. The molecule has 2 aromatic carbocycles. The Hall–Kier alpha value is -1.91. The Kier molecular flexibility index (Phi) is 6.19. The van der Waals surface area contributed by atoms with Gasteiger partial charge in [-0.15, -0.1) is 0 Å². The number of nitrogens with two attached hydrogens (primary N) is 1. The second kappa shape index (κ2) is 8.39. The molecule has 3 nitrogen and oxygen atoms in total. The molecule has 0 unspecified atom stereocenters. The van der Waals surface area contributed by atoms with Crippen molar-refractivity contribution in [3.8, 4) is 5.75 Å². The maximum absolute atomic E-state index is 12.9. The van der Waals surface area contributed by atoms with E-state index in [-0.39, 0.29) is 5.82 Å². The van der Waals surface area contributed by atoms with Gasteiger partial charge >= 0.3 is 0 Å². The Morgan fingerprint density at radius 1 is 1.05 bits per heavy atom. The number of rotatable bonds is 8. The van der Waals surface area contributed by atoms with E-state index in [0.29, 0.717) is 6.61 Å². The van der Waals surface area contributed by atoms with Crippen LogP contribution in [0.1, 0.15) is 11.1 Å². The van der Waals surface area contributed by atoms with Crippen LogP contribution in [0.4, 0.5) is 4.39 Å². The first-order valence-electron chi connectivity index (χ1n) is 7.05. The van der Waals surface area contributed by atoms with Crippen LogP contribution in [0.3, 0.4) is 0 Å². The molecular formula is C17H21FNO2+. The highest BCUT2D eigenvalue weighted by Crippen LogP contribution is 2.18. The summed E-state index contributed by atoms with van der Waals surface area (Å²) in [5.41, 5.74) is 2.10. The van der Waals surface area contributed by atoms with E-state index < -0.39 is 0 Å². The summed E-state index contributed by atoms with van der Waals surface area (Å²) in [6, 6.07) is 14.4. The van der Waals surface area contributed by atoms with Crippen molar-refractivity contribution in [2.75, 3.05) is 20.3 Å². The third kappa shape index (κ3) is 5.17. The molecule has 0 aromatic heterocycles. The SMILES string of the molecule is COCC[NH2+]Cc1ccccc1OCc1ccc(F)cc1. The van der Waals surface area contributed by atoms with Gasteiger partial charge in [0.2, 0.25) is 0 Å². The normalized spacial score (nSPS) is 10.6. The van der Waals surface area contributed by atoms with Gasteiger partial charge in [-0.1, -0.05) is 24.3 Å². The summed E-state index contributed by atoms with van der Waals surface area (Å²) < 4.78 is 23.7. The number of methoxy groups -OCH3 is 1. The van der Waals surface area contributed by atoms with Crippen molar-refractivity contribution < 1.29 is 19.2 Å². The van der Waals surface area contributed by atoms with Crippen molar-refractivity contribution in [2.24, 2.45) is 0 Å². The van der Waals surface area contributed by atoms with Gasteiger partial charge in [-0.2, -0.15) is 0 Å². The average molecular weight is 290 g/mol. The van der Waals surface area contributed by atoms with Crippen LogP contribution >= 0.6 is 0 Å². The molecule has 0 spiro atoms. The first-order valence-corrected chi connectivity index (χ1v) is 7.05. The van der Waals surface area contributed by atoms with Gasteiger partial charge in [-0.05, 0) is 29.8 Å². The van der Waals surface area contributed by atoms with Crippen molar-refractivity contribution in [1.82, 2.24) is 0 Å². The Balaban J connectivity index is 1.91. The molecule has 0 saturated carbocycles. The minimum absolute atomic E-state index is 0.230. The third-order valence-electron chi connectivity index (χ3n) is 3.17. The molecule has 2 aromatic rings. The van der Waals surface area contributed by atoms with Gasteiger partial charge in [0.25, 0.3) is 0 Å². The number of benzene rings is 2. The molecule has 0 aliphatic rings. The van der Waals surface area contributed by atoms with Crippen molar-refractivity contribution >= 4 is 0 Å². The highest BCUT2D eigenvalue weighted by Gasteiger charge is 2.05. The standard InChI is InChI=1S/C17H20FNO2/c1-20-11-10-19-12-15-4-2-3-5-17(15)21-13-14-6-8-16(18)9-7-14/h2-9,19H,10-13H2,1H3/p+1. The predicted octanol–water partition coefficient (Wildman–Crippen LogP) is 2.11. The Labute approximate surface area is 124 Å². The van der Waals surface area contributed by atoms with E-state index in [1.54, 1.807) is 19.2 Å². The minimum atomic E-state index is -0.230. The van der Waals surface area contributed by atoms with E-state index in [1.165, 1.54) is 12.1 Å². The summed E-state index contributed by atoms with van der Waals surface area (Å²) in [4.78, 5) is 0. The Bertz CT molecular complexity index is 543. The van der Waals surface area contributed by atoms with Crippen molar-refractivity contribution in [1.29, 1.82) is 0 Å². The number of hydrogen-bond donors (Lipinski definition) is 1. The lowest BCUT2D eigenvalue weighted by Crippen LogP contribution is -2.83. The lowest BCUT2D eigenvalue weighted by Gasteiger charge is -2.11. The van der Waals surface area contributed by atoms with Crippen LogP contribution < -0.4 is 10.1 Å². The van der Waals surface area contributed by atoms with Crippen LogP contribution in [0.25, 0.3) is 0 Å². The number of hydrogen-bond acceptors (Lipinski definition) is 2. The molecule has 0 radical (unpaired) electrons. The molecule has 0 atom stereocenters.